The number of aromatic nitrogens is 2. The Kier molecular flexibility index (Phi) is 5.11. The van der Waals surface area contributed by atoms with Crippen molar-refractivity contribution in [3.63, 3.8) is 0 Å². The zero-order valence-corrected chi connectivity index (χ0v) is 14.6. The van der Waals surface area contributed by atoms with Crippen LogP contribution in [0.25, 0.3) is 5.69 Å². The molecule has 0 aliphatic carbocycles. The van der Waals surface area contributed by atoms with Crippen LogP contribution in [0.3, 0.4) is 0 Å². The number of rotatable bonds is 5. The predicted molar refractivity (Wildman–Crippen MR) is 94.8 cm³/mol. The smallest absolute Gasteiger partial charge is 0.227 e. The van der Waals surface area contributed by atoms with Crippen molar-refractivity contribution < 1.29 is 13.6 Å². The van der Waals surface area contributed by atoms with Crippen LogP contribution in [0, 0.1) is 11.6 Å². The van der Waals surface area contributed by atoms with Gasteiger partial charge in [-0.3, -0.25) is 4.79 Å². The van der Waals surface area contributed by atoms with Crippen molar-refractivity contribution in [1.82, 2.24) is 14.7 Å². The first-order valence-corrected chi connectivity index (χ1v) is 8.25. The standard InChI is InChI=1S/C20H19F2N3O/c1-14(16-8-9-18(21)19(22)11-16)24(2)20(26)10-15-12-23-25(13-15)17-6-4-3-5-7-17/h3-9,11-14H,10H2,1-2H3. The number of likely N-dealkylation sites (N-methyl/N-ethyl adjacent to an activating group) is 1. The van der Waals surface area contributed by atoms with Gasteiger partial charge in [-0.15, -0.1) is 0 Å². The van der Waals surface area contributed by atoms with Gasteiger partial charge in [-0.25, -0.2) is 13.5 Å². The lowest BCUT2D eigenvalue weighted by atomic mass is 10.1. The van der Waals surface area contributed by atoms with Crippen molar-refractivity contribution in [2.24, 2.45) is 0 Å². The zero-order chi connectivity index (χ0) is 18.7. The molecule has 1 atom stereocenters. The van der Waals surface area contributed by atoms with Crippen molar-refractivity contribution in [3.05, 3.63) is 83.7 Å². The highest BCUT2D eigenvalue weighted by molar-refractivity contribution is 5.78. The molecule has 1 amide bonds. The average molecular weight is 355 g/mol. The van der Waals surface area contributed by atoms with E-state index in [0.29, 0.717) is 5.56 Å². The fraction of sp³-hybridized carbons (Fsp3) is 0.200. The van der Waals surface area contributed by atoms with Gasteiger partial charge in [0, 0.05) is 13.2 Å². The summed E-state index contributed by atoms with van der Waals surface area (Å²) in [5.41, 5.74) is 2.23. The second-order valence-corrected chi connectivity index (χ2v) is 6.16. The van der Waals surface area contributed by atoms with E-state index in [9.17, 15) is 13.6 Å². The highest BCUT2D eigenvalue weighted by atomic mass is 19.2. The molecule has 3 rings (SSSR count). The Labute approximate surface area is 150 Å². The molecule has 1 heterocycles. The number of hydrogen-bond donors (Lipinski definition) is 0. The Bertz CT molecular complexity index is 908. The summed E-state index contributed by atoms with van der Waals surface area (Å²) in [7, 11) is 1.65. The van der Waals surface area contributed by atoms with E-state index in [1.165, 1.54) is 11.0 Å². The maximum absolute atomic E-state index is 13.4. The van der Waals surface area contributed by atoms with Crippen LogP contribution in [-0.4, -0.2) is 27.6 Å². The van der Waals surface area contributed by atoms with Crippen LogP contribution in [0.4, 0.5) is 8.78 Å². The largest absolute Gasteiger partial charge is 0.339 e. The van der Waals surface area contributed by atoms with Crippen molar-refractivity contribution >= 4 is 5.91 Å². The van der Waals surface area contributed by atoms with Gasteiger partial charge in [0.05, 0.1) is 24.3 Å². The number of carbonyl (C=O) groups excluding carboxylic acids is 1. The summed E-state index contributed by atoms with van der Waals surface area (Å²) in [5, 5.41) is 4.28. The summed E-state index contributed by atoms with van der Waals surface area (Å²) in [5.74, 6) is -1.95. The molecule has 4 nitrogen and oxygen atoms in total. The van der Waals surface area contributed by atoms with E-state index in [0.717, 1.165) is 23.4 Å². The van der Waals surface area contributed by atoms with Crippen LogP contribution < -0.4 is 0 Å². The summed E-state index contributed by atoms with van der Waals surface area (Å²) < 4.78 is 28.2. The molecule has 3 aromatic rings. The summed E-state index contributed by atoms with van der Waals surface area (Å²) in [4.78, 5) is 14.1. The Morgan fingerprint density at radius 3 is 2.58 bits per heavy atom. The van der Waals surface area contributed by atoms with E-state index < -0.39 is 11.6 Å². The van der Waals surface area contributed by atoms with Gasteiger partial charge in [0.1, 0.15) is 0 Å². The minimum absolute atomic E-state index is 0.130. The van der Waals surface area contributed by atoms with Crippen LogP contribution in [0.15, 0.2) is 60.9 Å². The van der Waals surface area contributed by atoms with Gasteiger partial charge in [-0.1, -0.05) is 24.3 Å². The third kappa shape index (κ3) is 3.79. The fourth-order valence-corrected chi connectivity index (χ4v) is 2.68. The molecule has 0 aliphatic rings. The predicted octanol–water partition coefficient (Wildman–Crippen LogP) is 3.91. The molecule has 0 fully saturated rings. The molecule has 0 spiro atoms. The monoisotopic (exact) mass is 355 g/mol. The molecule has 26 heavy (non-hydrogen) atoms. The van der Waals surface area contributed by atoms with Crippen molar-refractivity contribution in [2.45, 2.75) is 19.4 Å². The third-order valence-electron chi connectivity index (χ3n) is 4.41. The SMILES string of the molecule is CC(c1ccc(F)c(F)c1)N(C)C(=O)Cc1cnn(-c2ccccc2)c1. The van der Waals surface area contributed by atoms with Gasteiger partial charge in [-0.05, 0) is 42.3 Å². The van der Waals surface area contributed by atoms with Crippen molar-refractivity contribution in [2.75, 3.05) is 7.05 Å². The molecule has 0 saturated carbocycles. The van der Waals surface area contributed by atoms with E-state index in [-0.39, 0.29) is 18.4 Å². The molecule has 0 aliphatic heterocycles. The molecule has 0 N–H and O–H groups in total. The summed E-state index contributed by atoms with van der Waals surface area (Å²) in [6.07, 6.45) is 3.64. The number of hydrogen-bond acceptors (Lipinski definition) is 2. The van der Waals surface area contributed by atoms with E-state index in [2.05, 4.69) is 5.10 Å². The highest BCUT2D eigenvalue weighted by Crippen LogP contribution is 2.21. The molecule has 0 radical (unpaired) electrons. The molecule has 0 saturated heterocycles. The second kappa shape index (κ2) is 7.47. The van der Waals surface area contributed by atoms with Crippen molar-refractivity contribution in [1.29, 1.82) is 0 Å². The lowest BCUT2D eigenvalue weighted by molar-refractivity contribution is -0.131. The van der Waals surface area contributed by atoms with Gasteiger partial charge < -0.3 is 4.90 Å². The lowest BCUT2D eigenvalue weighted by Gasteiger charge is -2.25. The Balaban J connectivity index is 1.69. The van der Waals surface area contributed by atoms with Gasteiger partial charge in [-0.2, -0.15) is 5.10 Å². The van der Waals surface area contributed by atoms with E-state index >= 15 is 0 Å². The number of amides is 1. The van der Waals surface area contributed by atoms with Gasteiger partial charge in [0.2, 0.25) is 5.91 Å². The number of para-hydroxylation sites is 1. The summed E-state index contributed by atoms with van der Waals surface area (Å²) in [6, 6.07) is 12.9. The van der Waals surface area contributed by atoms with Gasteiger partial charge in [0.25, 0.3) is 0 Å². The van der Waals surface area contributed by atoms with Gasteiger partial charge >= 0.3 is 0 Å². The quantitative estimate of drug-likeness (QED) is 0.696. The van der Waals surface area contributed by atoms with E-state index in [4.69, 9.17) is 0 Å². The maximum atomic E-state index is 13.4. The first-order chi connectivity index (χ1) is 12.5. The number of halogens is 2. The molecular weight excluding hydrogens is 336 g/mol. The molecule has 1 unspecified atom stereocenters. The number of nitrogens with zero attached hydrogens (tertiary/aromatic N) is 3. The Morgan fingerprint density at radius 2 is 1.88 bits per heavy atom. The fourth-order valence-electron chi connectivity index (χ4n) is 2.68. The minimum atomic E-state index is -0.917. The molecule has 134 valence electrons. The minimum Gasteiger partial charge on any atom is -0.339 e. The highest BCUT2D eigenvalue weighted by Gasteiger charge is 2.19. The maximum Gasteiger partial charge on any atom is 0.227 e. The van der Waals surface area contributed by atoms with Crippen LogP contribution in [-0.2, 0) is 11.2 Å². The third-order valence-corrected chi connectivity index (χ3v) is 4.41. The van der Waals surface area contributed by atoms with E-state index in [1.54, 1.807) is 24.9 Å². The Morgan fingerprint density at radius 1 is 1.15 bits per heavy atom. The molecule has 2 aromatic carbocycles. The second-order valence-electron chi connectivity index (χ2n) is 6.16. The van der Waals surface area contributed by atoms with Crippen LogP contribution in [0.2, 0.25) is 0 Å². The normalized spacial score (nSPS) is 12.0. The number of benzene rings is 2. The lowest BCUT2D eigenvalue weighted by Crippen LogP contribution is -2.31. The topological polar surface area (TPSA) is 38.1 Å². The van der Waals surface area contributed by atoms with E-state index in [1.807, 2.05) is 36.5 Å². The molecule has 0 bridgehead atoms. The molecule has 1 aromatic heterocycles. The summed E-state index contributed by atoms with van der Waals surface area (Å²) in [6.45, 7) is 1.78. The first kappa shape index (κ1) is 17.8. The summed E-state index contributed by atoms with van der Waals surface area (Å²) >= 11 is 0. The Hall–Kier alpha value is -3.02. The van der Waals surface area contributed by atoms with Crippen LogP contribution in [0.1, 0.15) is 24.1 Å². The van der Waals surface area contributed by atoms with Gasteiger partial charge in [0.15, 0.2) is 11.6 Å². The molecule has 6 heteroatoms. The average Bonchev–Trinajstić information content (AvgIpc) is 3.12. The van der Waals surface area contributed by atoms with Crippen LogP contribution >= 0.6 is 0 Å². The van der Waals surface area contributed by atoms with Crippen LogP contribution in [0.5, 0.6) is 0 Å². The van der Waals surface area contributed by atoms with Crippen molar-refractivity contribution in [3.8, 4) is 5.69 Å². The first-order valence-electron chi connectivity index (χ1n) is 8.25. The molecular formula is C20H19F2N3O. The zero-order valence-electron chi connectivity index (χ0n) is 14.6. The number of carbonyl (C=O) groups is 1.